The van der Waals surface area contributed by atoms with E-state index in [0.29, 0.717) is 17.8 Å². The van der Waals surface area contributed by atoms with Crippen LogP contribution >= 0.6 is 0 Å². The smallest absolute Gasteiger partial charge is 0.0443 e. The largest absolute Gasteiger partial charge is 0.262 e. The first-order valence-corrected chi connectivity index (χ1v) is 17.3. The van der Waals surface area contributed by atoms with E-state index < -0.39 is 0 Å². The Balaban J connectivity index is 1.20. The molecule has 230 valence electrons. The van der Waals surface area contributed by atoms with Crippen molar-refractivity contribution in [3.63, 3.8) is 0 Å². The summed E-state index contributed by atoms with van der Waals surface area (Å²) in [5.74, 6) is 1.45. The van der Waals surface area contributed by atoms with Crippen molar-refractivity contribution in [3.8, 4) is 33.4 Å². The summed E-state index contributed by atoms with van der Waals surface area (Å²) in [7, 11) is 0. The van der Waals surface area contributed by atoms with E-state index in [-0.39, 0.29) is 0 Å². The molecule has 47 heavy (non-hydrogen) atoms. The van der Waals surface area contributed by atoms with Crippen molar-refractivity contribution in [2.75, 3.05) is 0 Å². The topological polar surface area (TPSA) is 12.4 Å². The summed E-state index contributed by atoms with van der Waals surface area (Å²) in [5.41, 5.74) is 13.1. The Labute approximate surface area is 279 Å². The van der Waals surface area contributed by atoms with Crippen LogP contribution in [0.5, 0.6) is 0 Å². The monoisotopic (exact) mass is 607 g/mol. The Morgan fingerprint density at radius 1 is 0.596 bits per heavy atom. The molecule has 3 unspecified atom stereocenters. The maximum Gasteiger partial charge on any atom is 0.0443 e. The zero-order valence-electron chi connectivity index (χ0n) is 27.6. The molecule has 0 N–H and O–H groups in total. The summed E-state index contributed by atoms with van der Waals surface area (Å²) in [5, 5.41) is 5.16. The molecule has 1 aliphatic heterocycles. The van der Waals surface area contributed by atoms with Crippen LogP contribution in [0.3, 0.4) is 0 Å². The highest BCUT2D eigenvalue weighted by atomic mass is 14.8. The van der Waals surface area contributed by atoms with Gasteiger partial charge in [0.25, 0.3) is 0 Å². The third-order valence-electron chi connectivity index (χ3n) is 10.5. The molecule has 0 spiro atoms. The van der Waals surface area contributed by atoms with Crippen molar-refractivity contribution >= 4 is 27.3 Å². The predicted molar refractivity (Wildman–Crippen MR) is 202 cm³/mol. The highest BCUT2D eigenvalue weighted by Crippen LogP contribution is 2.45. The van der Waals surface area contributed by atoms with Crippen LogP contribution in [0.15, 0.2) is 156 Å². The van der Waals surface area contributed by atoms with Crippen molar-refractivity contribution in [1.82, 2.24) is 0 Å². The van der Waals surface area contributed by atoms with Crippen LogP contribution < -0.4 is 0 Å². The quantitative estimate of drug-likeness (QED) is 0.167. The zero-order chi connectivity index (χ0) is 31.9. The fraction of sp³-hybridized carbons (Fsp3) is 0.196. The molecule has 1 heteroatoms. The first kappa shape index (κ1) is 29.4. The van der Waals surface area contributed by atoms with Gasteiger partial charge in [0.15, 0.2) is 0 Å². The molecule has 0 saturated heterocycles. The van der Waals surface area contributed by atoms with E-state index in [9.17, 15) is 0 Å². The molecule has 0 radical (unpaired) electrons. The lowest BCUT2D eigenvalue weighted by Gasteiger charge is -2.33. The number of benzene rings is 6. The zero-order valence-corrected chi connectivity index (χ0v) is 27.6. The van der Waals surface area contributed by atoms with Crippen molar-refractivity contribution in [3.05, 3.63) is 156 Å². The SMILES string of the molecule is CCC1=NC2=C(C=CC(C)C2)C(C(C)c2ccc(-c3c4ccccc4c(-c4ccc(-c5ccccc5)cc4)c4ccccc34)cc2)C1. The number of hydrogen-bond acceptors (Lipinski definition) is 1. The molecular weight excluding hydrogens is 567 g/mol. The normalized spacial score (nSPS) is 18.3. The number of rotatable bonds is 6. The Morgan fingerprint density at radius 2 is 1.09 bits per heavy atom. The van der Waals surface area contributed by atoms with Crippen LogP contribution in [-0.2, 0) is 0 Å². The van der Waals surface area contributed by atoms with Gasteiger partial charge < -0.3 is 0 Å². The van der Waals surface area contributed by atoms with Gasteiger partial charge in [0.05, 0.1) is 0 Å². The van der Waals surface area contributed by atoms with E-state index in [0.717, 1.165) is 19.3 Å². The molecule has 8 rings (SSSR count). The molecule has 0 bridgehead atoms. The van der Waals surface area contributed by atoms with Crippen LogP contribution in [-0.4, -0.2) is 5.71 Å². The van der Waals surface area contributed by atoms with Crippen LogP contribution in [0, 0.1) is 11.8 Å². The highest BCUT2D eigenvalue weighted by Gasteiger charge is 2.30. The molecule has 0 aromatic heterocycles. The molecular formula is C46H41N. The van der Waals surface area contributed by atoms with E-state index in [4.69, 9.17) is 4.99 Å². The number of hydrogen-bond donors (Lipinski definition) is 0. The number of aliphatic imine (C=N–C) groups is 1. The maximum atomic E-state index is 5.10. The van der Waals surface area contributed by atoms with Gasteiger partial charge in [-0.05, 0) is 103 Å². The van der Waals surface area contributed by atoms with Crippen molar-refractivity contribution in [2.45, 2.75) is 46.0 Å². The van der Waals surface area contributed by atoms with Gasteiger partial charge in [-0.15, -0.1) is 0 Å². The molecule has 3 atom stereocenters. The van der Waals surface area contributed by atoms with E-state index in [1.54, 1.807) is 0 Å². The van der Waals surface area contributed by atoms with Gasteiger partial charge in [-0.3, -0.25) is 4.99 Å². The summed E-state index contributed by atoms with van der Waals surface area (Å²) >= 11 is 0. The van der Waals surface area contributed by atoms with Gasteiger partial charge >= 0.3 is 0 Å². The van der Waals surface area contributed by atoms with E-state index in [1.165, 1.54) is 77.5 Å². The van der Waals surface area contributed by atoms with Gasteiger partial charge in [0.2, 0.25) is 0 Å². The third kappa shape index (κ3) is 5.34. The Hall–Kier alpha value is -5.01. The van der Waals surface area contributed by atoms with E-state index >= 15 is 0 Å². The molecule has 1 aliphatic carbocycles. The number of fused-ring (bicyclic) bond motifs is 2. The van der Waals surface area contributed by atoms with Crippen molar-refractivity contribution in [2.24, 2.45) is 16.8 Å². The van der Waals surface area contributed by atoms with Crippen LogP contribution in [0.4, 0.5) is 0 Å². The lowest BCUT2D eigenvalue weighted by Crippen LogP contribution is -2.23. The standard InChI is InChI=1S/C46H41N/c1-4-37-29-43(38-27-18-30(2)28-44(38)47-37)31(3)32-19-23-35(24-20-32)45-39-14-8-10-16-41(39)46(42-17-11-9-15-40(42)45)36-25-21-34(22-26-36)33-12-6-5-7-13-33/h5-27,30-31,43H,4,28-29H2,1-3H3. The summed E-state index contributed by atoms with van der Waals surface area (Å²) < 4.78 is 0. The summed E-state index contributed by atoms with van der Waals surface area (Å²) in [6.45, 7) is 6.97. The lowest BCUT2D eigenvalue weighted by atomic mass is 9.74. The molecule has 6 aromatic rings. The number of allylic oxidation sites excluding steroid dienone is 4. The van der Waals surface area contributed by atoms with E-state index in [2.05, 4.69) is 160 Å². The molecule has 0 saturated carbocycles. The second kappa shape index (κ2) is 12.3. The van der Waals surface area contributed by atoms with Gasteiger partial charge in [-0.1, -0.05) is 160 Å². The minimum absolute atomic E-state index is 0.416. The Kier molecular flexibility index (Phi) is 7.70. The van der Waals surface area contributed by atoms with Crippen LogP contribution in [0.25, 0.3) is 54.9 Å². The minimum atomic E-state index is 0.416. The fourth-order valence-electron chi connectivity index (χ4n) is 7.97. The van der Waals surface area contributed by atoms with Crippen LogP contribution in [0.1, 0.15) is 51.5 Å². The molecule has 0 amide bonds. The molecule has 1 nitrogen and oxygen atoms in total. The Bertz CT molecular complexity index is 2120. The maximum absolute atomic E-state index is 5.10. The molecule has 6 aromatic carbocycles. The molecule has 0 fully saturated rings. The summed E-state index contributed by atoms with van der Waals surface area (Å²) in [6.07, 6.45) is 7.91. The molecule has 2 aliphatic rings. The van der Waals surface area contributed by atoms with Crippen LogP contribution in [0.2, 0.25) is 0 Å². The van der Waals surface area contributed by atoms with Crippen molar-refractivity contribution < 1.29 is 0 Å². The van der Waals surface area contributed by atoms with Gasteiger partial charge in [0, 0.05) is 11.4 Å². The van der Waals surface area contributed by atoms with E-state index in [1.807, 2.05) is 0 Å². The first-order chi connectivity index (χ1) is 23.1. The third-order valence-corrected chi connectivity index (χ3v) is 10.5. The fourth-order valence-corrected chi connectivity index (χ4v) is 7.97. The second-order valence-electron chi connectivity index (χ2n) is 13.5. The highest BCUT2D eigenvalue weighted by molar-refractivity contribution is 6.21. The van der Waals surface area contributed by atoms with Gasteiger partial charge in [-0.25, -0.2) is 0 Å². The predicted octanol–water partition coefficient (Wildman–Crippen LogP) is 12.8. The van der Waals surface area contributed by atoms with Crippen molar-refractivity contribution in [1.29, 1.82) is 0 Å². The summed E-state index contributed by atoms with van der Waals surface area (Å²) in [4.78, 5) is 5.10. The average Bonchev–Trinajstić information content (AvgIpc) is 3.13. The average molecular weight is 608 g/mol. The lowest BCUT2D eigenvalue weighted by molar-refractivity contribution is 0.512. The first-order valence-electron chi connectivity index (χ1n) is 17.3. The van der Waals surface area contributed by atoms with Gasteiger partial charge in [0.1, 0.15) is 0 Å². The minimum Gasteiger partial charge on any atom is -0.262 e. The molecule has 1 heterocycles. The number of nitrogens with zero attached hydrogens (tertiary/aromatic N) is 1. The summed E-state index contributed by atoms with van der Waals surface area (Å²) in [6, 6.07) is 47.1. The van der Waals surface area contributed by atoms with Gasteiger partial charge in [-0.2, -0.15) is 0 Å². The Morgan fingerprint density at radius 3 is 1.64 bits per heavy atom. The second-order valence-corrected chi connectivity index (χ2v) is 13.5.